The van der Waals surface area contributed by atoms with Gasteiger partial charge in [-0.3, -0.25) is 4.79 Å². The largest absolute Gasteiger partial charge is 0.444 e. The molecule has 0 aliphatic carbocycles. The Morgan fingerprint density at radius 2 is 2.20 bits per heavy atom. The van der Waals surface area contributed by atoms with Gasteiger partial charge in [0, 0.05) is 0 Å². The van der Waals surface area contributed by atoms with Crippen molar-refractivity contribution in [1.29, 1.82) is 0 Å². The molecular formula is C9H16N2O4. The zero-order valence-electron chi connectivity index (χ0n) is 9.03. The number of aliphatic hydroxyl groups excluding tert-OH is 1. The smallest absolute Gasteiger partial charge is 0.408 e. The predicted molar refractivity (Wildman–Crippen MR) is 52.2 cm³/mol. The Kier molecular flexibility index (Phi) is 3.18. The number of carbonyl (C=O) groups excluding carboxylic acids is 2. The summed E-state index contributed by atoms with van der Waals surface area (Å²) in [7, 11) is 0. The molecule has 2 amide bonds. The molecule has 1 rings (SSSR count). The molecule has 1 heterocycles. The average Bonchev–Trinajstić information content (AvgIpc) is 2.07. The minimum Gasteiger partial charge on any atom is -0.444 e. The molecule has 0 aromatic heterocycles. The zero-order valence-corrected chi connectivity index (χ0v) is 9.03. The van der Waals surface area contributed by atoms with Crippen LogP contribution in [-0.2, 0) is 9.53 Å². The summed E-state index contributed by atoms with van der Waals surface area (Å²) in [4.78, 5) is 22.3. The van der Waals surface area contributed by atoms with E-state index in [2.05, 4.69) is 10.6 Å². The summed E-state index contributed by atoms with van der Waals surface area (Å²) in [6.45, 7) is 5.00. The van der Waals surface area contributed by atoms with Gasteiger partial charge in [0.25, 0.3) is 0 Å². The molecule has 1 unspecified atom stereocenters. The second-order valence-electron chi connectivity index (χ2n) is 4.42. The molecule has 0 saturated carbocycles. The van der Waals surface area contributed by atoms with E-state index in [4.69, 9.17) is 9.84 Å². The van der Waals surface area contributed by atoms with Crippen LogP contribution >= 0.6 is 0 Å². The molecule has 0 aromatic carbocycles. The van der Waals surface area contributed by atoms with Gasteiger partial charge in [0.1, 0.15) is 11.6 Å². The van der Waals surface area contributed by atoms with Crippen LogP contribution in [-0.4, -0.2) is 41.4 Å². The van der Waals surface area contributed by atoms with Crippen LogP contribution in [0.1, 0.15) is 20.8 Å². The first-order valence-corrected chi connectivity index (χ1v) is 4.74. The molecule has 6 nitrogen and oxygen atoms in total. The van der Waals surface area contributed by atoms with Gasteiger partial charge in [0.15, 0.2) is 0 Å². The molecule has 1 saturated heterocycles. The first-order chi connectivity index (χ1) is 6.83. The zero-order chi connectivity index (χ0) is 11.6. The van der Waals surface area contributed by atoms with E-state index in [0.29, 0.717) is 0 Å². The Hall–Kier alpha value is -1.30. The van der Waals surface area contributed by atoms with Gasteiger partial charge in [-0.15, -0.1) is 0 Å². The van der Waals surface area contributed by atoms with Crippen molar-refractivity contribution in [3.8, 4) is 0 Å². The molecule has 2 atom stereocenters. The molecule has 1 fully saturated rings. The van der Waals surface area contributed by atoms with E-state index in [-0.39, 0.29) is 12.5 Å². The van der Waals surface area contributed by atoms with Crippen LogP contribution in [0.15, 0.2) is 0 Å². The molecule has 86 valence electrons. The third kappa shape index (κ3) is 3.09. The lowest BCUT2D eigenvalue weighted by molar-refractivity contribution is -0.132. The summed E-state index contributed by atoms with van der Waals surface area (Å²) in [5.41, 5.74) is -0.598. The first-order valence-electron chi connectivity index (χ1n) is 4.74. The van der Waals surface area contributed by atoms with Gasteiger partial charge in [-0.05, 0) is 20.8 Å². The Morgan fingerprint density at radius 3 is 2.60 bits per heavy atom. The summed E-state index contributed by atoms with van der Waals surface area (Å²) in [5, 5.41) is 13.7. The maximum absolute atomic E-state index is 11.3. The molecule has 3 N–H and O–H groups in total. The number of hydrogen-bond donors (Lipinski definition) is 3. The molecular weight excluding hydrogens is 200 g/mol. The van der Waals surface area contributed by atoms with E-state index in [1.54, 1.807) is 20.8 Å². The molecule has 1 aliphatic rings. The van der Waals surface area contributed by atoms with Crippen LogP contribution in [0, 0.1) is 0 Å². The van der Waals surface area contributed by atoms with Crippen molar-refractivity contribution in [1.82, 2.24) is 10.6 Å². The lowest BCUT2D eigenvalue weighted by atomic mass is 10.0. The second kappa shape index (κ2) is 4.06. The van der Waals surface area contributed by atoms with Gasteiger partial charge in [0.05, 0.1) is 12.6 Å². The highest BCUT2D eigenvalue weighted by molar-refractivity contribution is 5.92. The maximum Gasteiger partial charge on any atom is 0.408 e. The number of carbonyl (C=O) groups is 2. The summed E-state index contributed by atoms with van der Waals surface area (Å²) in [6, 6.07) is -1.10. The molecule has 1 aliphatic heterocycles. The fraction of sp³-hybridized carbons (Fsp3) is 0.778. The number of aliphatic hydroxyl groups is 1. The van der Waals surface area contributed by atoms with Gasteiger partial charge < -0.3 is 20.5 Å². The molecule has 6 heteroatoms. The van der Waals surface area contributed by atoms with Crippen molar-refractivity contribution in [2.24, 2.45) is 0 Å². The summed E-state index contributed by atoms with van der Waals surface area (Å²) < 4.78 is 4.97. The topological polar surface area (TPSA) is 87.7 Å². The number of nitrogens with one attached hydrogen (secondary N) is 2. The normalized spacial score (nSPS) is 25.2. The Labute approximate surface area is 88.0 Å². The minimum absolute atomic E-state index is 0.202. The number of rotatable bonds is 2. The van der Waals surface area contributed by atoms with E-state index in [1.807, 2.05) is 0 Å². The van der Waals surface area contributed by atoms with Gasteiger partial charge >= 0.3 is 6.09 Å². The highest BCUT2D eigenvalue weighted by Gasteiger charge is 2.40. The van der Waals surface area contributed by atoms with Crippen molar-refractivity contribution >= 4 is 12.0 Å². The van der Waals surface area contributed by atoms with Gasteiger partial charge in [-0.25, -0.2) is 4.79 Å². The molecule has 15 heavy (non-hydrogen) atoms. The van der Waals surface area contributed by atoms with Crippen molar-refractivity contribution in [2.75, 3.05) is 6.61 Å². The van der Waals surface area contributed by atoms with Crippen molar-refractivity contribution < 1.29 is 19.4 Å². The summed E-state index contributed by atoms with van der Waals surface area (Å²) >= 11 is 0. The summed E-state index contributed by atoms with van der Waals surface area (Å²) in [5.74, 6) is -0.306. The number of β-lactam (4-membered cyclic amide) rings is 1. The van der Waals surface area contributed by atoms with Crippen LogP contribution in [0.3, 0.4) is 0 Å². The van der Waals surface area contributed by atoms with Crippen LogP contribution < -0.4 is 10.6 Å². The highest BCUT2D eigenvalue weighted by atomic mass is 16.6. The Morgan fingerprint density at radius 1 is 1.60 bits per heavy atom. The standard InChI is InChI=1S/C9H16N2O4/c1-9(2,3)15-8(14)11-6-5(4-12)10-7(6)13/h5-6,12H,4H2,1-3H3,(H,10,13)(H,11,14)/t5-,6?/m1/s1. The molecule has 0 spiro atoms. The SMILES string of the molecule is CC(C)(C)OC(=O)NC1C(=O)N[C@@H]1CO. The Balaban J connectivity index is 2.41. The maximum atomic E-state index is 11.3. The van der Waals surface area contributed by atoms with Crippen molar-refractivity contribution in [2.45, 2.75) is 38.5 Å². The monoisotopic (exact) mass is 216 g/mol. The van der Waals surface area contributed by atoms with Gasteiger partial charge in [-0.2, -0.15) is 0 Å². The molecule has 0 bridgehead atoms. The average molecular weight is 216 g/mol. The van der Waals surface area contributed by atoms with Crippen molar-refractivity contribution in [3.05, 3.63) is 0 Å². The van der Waals surface area contributed by atoms with E-state index in [0.717, 1.165) is 0 Å². The molecule has 0 aromatic rings. The Bertz CT molecular complexity index is 272. The molecule has 0 radical (unpaired) electrons. The van der Waals surface area contributed by atoms with Crippen LogP contribution in [0.4, 0.5) is 4.79 Å². The second-order valence-corrected chi connectivity index (χ2v) is 4.42. The van der Waals surface area contributed by atoms with Crippen molar-refractivity contribution in [3.63, 3.8) is 0 Å². The minimum atomic E-state index is -0.690. The fourth-order valence-corrected chi connectivity index (χ4v) is 1.19. The number of ether oxygens (including phenoxy) is 1. The number of hydrogen-bond acceptors (Lipinski definition) is 4. The van der Waals surface area contributed by atoms with Gasteiger partial charge in [-0.1, -0.05) is 0 Å². The van der Waals surface area contributed by atoms with Crippen LogP contribution in [0.25, 0.3) is 0 Å². The fourth-order valence-electron chi connectivity index (χ4n) is 1.19. The third-order valence-corrected chi connectivity index (χ3v) is 1.88. The number of amides is 2. The summed E-state index contributed by atoms with van der Waals surface area (Å²) in [6.07, 6.45) is -0.652. The van der Waals surface area contributed by atoms with Crippen LogP contribution in [0.2, 0.25) is 0 Å². The lowest BCUT2D eigenvalue weighted by Gasteiger charge is -2.36. The van der Waals surface area contributed by atoms with E-state index in [9.17, 15) is 9.59 Å². The first kappa shape index (κ1) is 11.8. The van der Waals surface area contributed by atoms with E-state index in [1.165, 1.54) is 0 Å². The van der Waals surface area contributed by atoms with Crippen LogP contribution in [0.5, 0.6) is 0 Å². The number of alkyl carbamates (subject to hydrolysis) is 1. The van der Waals surface area contributed by atoms with Gasteiger partial charge in [0.2, 0.25) is 5.91 Å². The lowest BCUT2D eigenvalue weighted by Crippen LogP contribution is -2.70. The highest BCUT2D eigenvalue weighted by Crippen LogP contribution is 2.09. The predicted octanol–water partition coefficient (Wildman–Crippen LogP) is -0.630. The van der Waals surface area contributed by atoms with E-state index >= 15 is 0 Å². The third-order valence-electron chi connectivity index (χ3n) is 1.88. The quantitative estimate of drug-likeness (QED) is 0.536. The van der Waals surface area contributed by atoms with E-state index < -0.39 is 23.8 Å².